The van der Waals surface area contributed by atoms with E-state index in [4.69, 9.17) is 4.42 Å². The Bertz CT molecular complexity index is 430. The zero-order chi connectivity index (χ0) is 13.2. The van der Waals surface area contributed by atoms with E-state index in [1.807, 2.05) is 19.9 Å². The highest BCUT2D eigenvalue weighted by Gasteiger charge is 2.30. The Kier molecular flexibility index (Phi) is 3.76. The van der Waals surface area contributed by atoms with Gasteiger partial charge in [0.05, 0.1) is 5.60 Å². The van der Waals surface area contributed by atoms with Crippen molar-refractivity contribution in [1.82, 2.24) is 5.32 Å². The van der Waals surface area contributed by atoms with E-state index in [1.54, 1.807) is 0 Å². The third-order valence-electron chi connectivity index (χ3n) is 3.61. The number of hydrogen-bond donors (Lipinski definition) is 2. The van der Waals surface area contributed by atoms with E-state index in [0.717, 1.165) is 37.0 Å². The monoisotopic (exact) mass is 251 g/mol. The second kappa shape index (κ2) is 5.14. The minimum Gasteiger partial charge on any atom is -0.456 e. The van der Waals surface area contributed by atoms with Gasteiger partial charge in [-0.05, 0) is 32.8 Å². The molecule has 0 spiro atoms. The average Bonchev–Trinajstić information content (AvgIpc) is 2.67. The van der Waals surface area contributed by atoms with Gasteiger partial charge in [0.25, 0.3) is 5.91 Å². The molecule has 0 aliphatic heterocycles. The molecule has 1 aromatic rings. The zero-order valence-electron chi connectivity index (χ0n) is 11.1. The highest BCUT2D eigenvalue weighted by molar-refractivity contribution is 5.92. The van der Waals surface area contributed by atoms with Crippen LogP contribution in [0.1, 0.15) is 54.0 Å². The van der Waals surface area contributed by atoms with Crippen LogP contribution >= 0.6 is 0 Å². The van der Waals surface area contributed by atoms with Crippen molar-refractivity contribution in [3.8, 4) is 0 Å². The maximum absolute atomic E-state index is 11.9. The Labute approximate surface area is 107 Å². The van der Waals surface area contributed by atoms with Crippen molar-refractivity contribution < 1.29 is 14.3 Å². The van der Waals surface area contributed by atoms with Crippen LogP contribution in [0.25, 0.3) is 0 Å². The van der Waals surface area contributed by atoms with Crippen LogP contribution in [0.4, 0.5) is 0 Å². The molecule has 100 valence electrons. The molecule has 1 fully saturated rings. The number of carbonyl (C=O) groups excluding carboxylic acids is 1. The molecule has 2 N–H and O–H groups in total. The molecule has 4 heteroatoms. The molecule has 1 heterocycles. The van der Waals surface area contributed by atoms with E-state index in [-0.39, 0.29) is 5.91 Å². The van der Waals surface area contributed by atoms with Gasteiger partial charge in [-0.2, -0.15) is 0 Å². The second-order valence-corrected chi connectivity index (χ2v) is 5.34. The molecule has 4 nitrogen and oxygen atoms in total. The standard InChI is InChI=1S/C14H21NO3/c1-10-8-11(2)18-12(10)13(16)15-9-14(17)6-4-3-5-7-14/h8,17H,3-7,9H2,1-2H3,(H,15,16). The van der Waals surface area contributed by atoms with Crippen LogP contribution in [0.5, 0.6) is 0 Å². The van der Waals surface area contributed by atoms with Crippen LogP contribution in [0.15, 0.2) is 10.5 Å². The summed E-state index contributed by atoms with van der Waals surface area (Å²) >= 11 is 0. The summed E-state index contributed by atoms with van der Waals surface area (Å²) in [7, 11) is 0. The fourth-order valence-electron chi connectivity index (χ4n) is 2.58. The van der Waals surface area contributed by atoms with Crippen molar-refractivity contribution in [2.45, 2.75) is 51.6 Å². The summed E-state index contributed by atoms with van der Waals surface area (Å²) in [5.74, 6) is 0.848. The summed E-state index contributed by atoms with van der Waals surface area (Å²) in [5, 5.41) is 13.1. The molecule has 0 saturated heterocycles. The van der Waals surface area contributed by atoms with Gasteiger partial charge < -0.3 is 14.8 Å². The maximum Gasteiger partial charge on any atom is 0.287 e. The first-order valence-corrected chi connectivity index (χ1v) is 6.58. The van der Waals surface area contributed by atoms with Gasteiger partial charge in [-0.25, -0.2) is 0 Å². The topological polar surface area (TPSA) is 62.5 Å². The summed E-state index contributed by atoms with van der Waals surface area (Å²) in [6, 6.07) is 1.84. The van der Waals surface area contributed by atoms with E-state index in [1.165, 1.54) is 6.42 Å². The SMILES string of the molecule is Cc1cc(C)c(C(=O)NCC2(O)CCCCC2)o1. The van der Waals surface area contributed by atoms with Gasteiger partial charge in [-0.3, -0.25) is 4.79 Å². The number of furan rings is 1. The van der Waals surface area contributed by atoms with Gasteiger partial charge in [0.2, 0.25) is 0 Å². The van der Waals surface area contributed by atoms with Crippen LogP contribution < -0.4 is 5.32 Å². The van der Waals surface area contributed by atoms with E-state index in [2.05, 4.69) is 5.32 Å². The zero-order valence-corrected chi connectivity index (χ0v) is 11.1. The minimum atomic E-state index is -0.733. The van der Waals surface area contributed by atoms with Crippen molar-refractivity contribution in [2.75, 3.05) is 6.54 Å². The third-order valence-corrected chi connectivity index (χ3v) is 3.61. The largest absolute Gasteiger partial charge is 0.456 e. The van der Waals surface area contributed by atoms with Gasteiger partial charge in [-0.15, -0.1) is 0 Å². The molecule has 2 rings (SSSR count). The first kappa shape index (κ1) is 13.1. The molecule has 1 aliphatic rings. The molecule has 0 unspecified atom stereocenters. The lowest BCUT2D eigenvalue weighted by Crippen LogP contribution is -2.44. The molecule has 1 aliphatic carbocycles. The molecule has 0 atom stereocenters. The Morgan fingerprint density at radius 1 is 1.39 bits per heavy atom. The van der Waals surface area contributed by atoms with E-state index in [0.29, 0.717) is 12.3 Å². The quantitative estimate of drug-likeness (QED) is 0.866. The normalized spacial score (nSPS) is 18.6. The third kappa shape index (κ3) is 2.93. The Hall–Kier alpha value is -1.29. The Morgan fingerprint density at radius 2 is 2.06 bits per heavy atom. The van der Waals surface area contributed by atoms with Gasteiger partial charge >= 0.3 is 0 Å². The first-order valence-electron chi connectivity index (χ1n) is 6.58. The summed E-state index contributed by atoms with van der Waals surface area (Å²) in [4.78, 5) is 11.9. The molecule has 0 bridgehead atoms. The lowest BCUT2D eigenvalue weighted by atomic mass is 9.85. The molecule has 1 aromatic heterocycles. The molecular weight excluding hydrogens is 230 g/mol. The van der Waals surface area contributed by atoms with Crippen LogP contribution in [0.2, 0.25) is 0 Å². The molecule has 1 amide bonds. The van der Waals surface area contributed by atoms with Crippen molar-refractivity contribution in [1.29, 1.82) is 0 Å². The van der Waals surface area contributed by atoms with E-state index >= 15 is 0 Å². The molecular formula is C14H21NO3. The minimum absolute atomic E-state index is 0.236. The lowest BCUT2D eigenvalue weighted by Gasteiger charge is -2.31. The summed E-state index contributed by atoms with van der Waals surface area (Å²) in [6.07, 6.45) is 4.77. The number of aryl methyl sites for hydroxylation is 2. The van der Waals surface area contributed by atoms with Crippen molar-refractivity contribution in [3.63, 3.8) is 0 Å². The fraction of sp³-hybridized carbons (Fsp3) is 0.643. The van der Waals surface area contributed by atoms with Crippen molar-refractivity contribution in [2.24, 2.45) is 0 Å². The van der Waals surface area contributed by atoms with Crippen LogP contribution in [0.3, 0.4) is 0 Å². The van der Waals surface area contributed by atoms with Gasteiger partial charge in [0.15, 0.2) is 5.76 Å². The summed E-state index contributed by atoms with van der Waals surface area (Å²) < 4.78 is 5.36. The lowest BCUT2D eigenvalue weighted by molar-refractivity contribution is 0.00501. The summed E-state index contributed by atoms with van der Waals surface area (Å²) in [5.41, 5.74) is 0.101. The number of nitrogens with one attached hydrogen (secondary N) is 1. The molecule has 0 radical (unpaired) electrons. The number of hydrogen-bond acceptors (Lipinski definition) is 3. The first-order chi connectivity index (χ1) is 8.50. The smallest absolute Gasteiger partial charge is 0.287 e. The molecule has 18 heavy (non-hydrogen) atoms. The van der Waals surface area contributed by atoms with Gasteiger partial charge in [0.1, 0.15) is 5.76 Å². The second-order valence-electron chi connectivity index (χ2n) is 5.34. The highest BCUT2D eigenvalue weighted by Crippen LogP contribution is 2.27. The number of aliphatic hydroxyl groups is 1. The summed E-state index contributed by atoms with van der Waals surface area (Å²) in [6.45, 7) is 3.98. The number of amides is 1. The Morgan fingerprint density at radius 3 is 2.61 bits per heavy atom. The number of carbonyl (C=O) groups is 1. The predicted molar refractivity (Wildman–Crippen MR) is 68.6 cm³/mol. The fourth-order valence-corrected chi connectivity index (χ4v) is 2.58. The van der Waals surface area contributed by atoms with Gasteiger partial charge in [0, 0.05) is 12.1 Å². The molecule has 1 saturated carbocycles. The maximum atomic E-state index is 11.9. The Balaban J connectivity index is 1.94. The number of rotatable bonds is 3. The van der Waals surface area contributed by atoms with E-state index in [9.17, 15) is 9.90 Å². The molecule has 0 aromatic carbocycles. The van der Waals surface area contributed by atoms with Crippen molar-refractivity contribution in [3.05, 3.63) is 23.2 Å². The van der Waals surface area contributed by atoms with E-state index < -0.39 is 5.60 Å². The predicted octanol–water partition coefficient (Wildman–Crippen LogP) is 2.32. The highest BCUT2D eigenvalue weighted by atomic mass is 16.4. The van der Waals surface area contributed by atoms with Gasteiger partial charge in [-0.1, -0.05) is 19.3 Å². The van der Waals surface area contributed by atoms with Crippen LogP contribution in [-0.2, 0) is 0 Å². The van der Waals surface area contributed by atoms with Crippen molar-refractivity contribution >= 4 is 5.91 Å². The average molecular weight is 251 g/mol. The van der Waals surface area contributed by atoms with Crippen LogP contribution in [0, 0.1) is 13.8 Å². The van der Waals surface area contributed by atoms with Crippen LogP contribution in [-0.4, -0.2) is 23.2 Å².